The average Bonchev–Trinajstić information content (AvgIpc) is 2.81. The predicted octanol–water partition coefficient (Wildman–Crippen LogP) is 4.47. The SMILES string of the molecule is CCCCCCCCCCCCOCCCCCCCCCCCC.Oc1ccccc1.[H-].[H-].[Na+].[Na+]. The van der Waals surface area contributed by atoms with Crippen LogP contribution in [0.1, 0.15) is 145 Å². The summed E-state index contributed by atoms with van der Waals surface area (Å²) >= 11 is 0. The van der Waals surface area contributed by atoms with Gasteiger partial charge in [0.2, 0.25) is 0 Å². The molecule has 0 aliphatic rings. The summed E-state index contributed by atoms with van der Waals surface area (Å²) in [6, 6.07) is 8.71. The van der Waals surface area contributed by atoms with Gasteiger partial charge in [-0.15, -0.1) is 0 Å². The molecule has 0 radical (unpaired) electrons. The summed E-state index contributed by atoms with van der Waals surface area (Å²) in [5.41, 5.74) is 0. The minimum Gasteiger partial charge on any atom is -1.00 e. The van der Waals surface area contributed by atoms with Crippen molar-refractivity contribution in [1.82, 2.24) is 0 Å². The van der Waals surface area contributed by atoms with Gasteiger partial charge in [-0.2, -0.15) is 0 Å². The molecular formula is C30H58Na2O2. The monoisotopic (exact) mass is 496 g/mol. The number of benzene rings is 1. The molecule has 1 N–H and O–H groups in total. The zero-order chi connectivity index (χ0) is 23.4. The molecule has 0 amide bonds. The van der Waals surface area contributed by atoms with Gasteiger partial charge in [-0.25, -0.2) is 0 Å². The van der Waals surface area contributed by atoms with E-state index in [0.717, 1.165) is 13.2 Å². The fraction of sp³-hybridized carbons (Fsp3) is 0.800. The van der Waals surface area contributed by atoms with Crippen LogP contribution in [0.25, 0.3) is 0 Å². The number of unbranched alkanes of at least 4 members (excludes halogenated alkanes) is 18. The van der Waals surface area contributed by atoms with E-state index in [1.54, 1.807) is 24.3 Å². The molecule has 0 saturated heterocycles. The minimum atomic E-state index is 0. The van der Waals surface area contributed by atoms with Crippen LogP contribution in [0.15, 0.2) is 30.3 Å². The number of phenols is 1. The molecule has 34 heavy (non-hydrogen) atoms. The normalized spacial score (nSPS) is 10.1. The smallest absolute Gasteiger partial charge is 1.00 e. The predicted molar refractivity (Wildman–Crippen MR) is 145 cm³/mol. The molecule has 0 fully saturated rings. The van der Waals surface area contributed by atoms with E-state index in [4.69, 9.17) is 9.84 Å². The van der Waals surface area contributed by atoms with Gasteiger partial charge in [0.1, 0.15) is 5.75 Å². The maximum atomic E-state index is 8.63. The Morgan fingerprint density at radius 1 is 0.500 bits per heavy atom. The molecule has 192 valence electrons. The second kappa shape index (κ2) is 36.1. The first-order chi connectivity index (χ1) is 15.8. The largest absolute Gasteiger partial charge is 1.00 e. The van der Waals surface area contributed by atoms with Crippen molar-refractivity contribution >= 4 is 0 Å². The van der Waals surface area contributed by atoms with Crippen LogP contribution >= 0.6 is 0 Å². The molecular weight excluding hydrogens is 438 g/mol. The van der Waals surface area contributed by atoms with Crippen molar-refractivity contribution in [3.8, 4) is 5.75 Å². The first kappa shape index (κ1) is 39.5. The van der Waals surface area contributed by atoms with Crippen molar-refractivity contribution in [3.05, 3.63) is 30.3 Å². The van der Waals surface area contributed by atoms with E-state index >= 15 is 0 Å². The molecule has 0 aliphatic heterocycles. The van der Waals surface area contributed by atoms with Gasteiger partial charge >= 0.3 is 59.1 Å². The van der Waals surface area contributed by atoms with E-state index in [0.29, 0.717) is 5.75 Å². The van der Waals surface area contributed by atoms with Gasteiger partial charge in [-0.05, 0) is 25.0 Å². The second-order valence-electron chi connectivity index (χ2n) is 9.31. The van der Waals surface area contributed by atoms with Gasteiger partial charge in [0.15, 0.2) is 0 Å². The number of para-hydroxylation sites is 1. The quantitative estimate of drug-likeness (QED) is 0.190. The van der Waals surface area contributed by atoms with Crippen LogP contribution in [0, 0.1) is 0 Å². The van der Waals surface area contributed by atoms with Crippen LogP contribution in [0.5, 0.6) is 5.75 Å². The minimum absolute atomic E-state index is 0. The number of hydrogen-bond acceptors (Lipinski definition) is 2. The van der Waals surface area contributed by atoms with Crippen molar-refractivity contribution in [3.63, 3.8) is 0 Å². The van der Waals surface area contributed by atoms with Crippen LogP contribution in [0.2, 0.25) is 0 Å². The molecule has 1 aromatic rings. The molecule has 4 heteroatoms. The fourth-order valence-corrected chi connectivity index (χ4v) is 3.91. The zero-order valence-corrected chi connectivity index (χ0v) is 27.8. The van der Waals surface area contributed by atoms with Gasteiger partial charge in [-0.3, -0.25) is 0 Å². The fourth-order valence-electron chi connectivity index (χ4n) is 3.91. The Labute approximate surface area is 261 Å². The Morgan fingerprint density at radius 2 is 0.794 bits per heavy atom. The van der Waals surface area contributed by atoms with Crippen molar-refractivity contribution in [1.29, 1.82) is 0 Å². The van der Waals surface area contributed by atoms with Crippen molar-refractivity contribution in [2.24, 2.45) is 0 Å². The summed E-state index contributed by atoms with van der Waals surface area (Å²) in [5, 5.41) is 8.63. The van der Waals surface area contributed by atoms with Crippen molar-refractivity contribution in [2.75, 3.05) is 13.2 Å². The molecule has 0 spiro atoms. The molecule has 0 unspecified atom stereocenters. The molecule has 0 heterocycles. The summed E-state index contributed by atoms with van der Waals surface area (Å²) < 4.78 is 5.78. The Balaban J connectivity index is -0.000000250. The Morgan fingerprint density at radius 3 is 1.06 bits per heavy atom. The van der Waals surface area contributed by atoms with E-state index in [2.05, 4.69) is 13.8 Å². The van der Waals surface area contributed by atoms with Crippen molar-refractivity contribution < 1.29 is 71.8 Å². The van der Waals surface area contributed by atoms with Crippen LogP contribution < -0.4 is 59.1 Å². The summed E-state index contributed by atoms with van der Waals surface area (Å²) in [6.07, 6.45) is 28.2. The Hall–Kier alpha value is 0.980. The Bertz CT molecular complexity index is 432. The first-order valence-corrected chi connectivity index (χ1v) is 14.1. The van der Waals surface area contributed by atoms with E-state index in [9.17, 15) is 0 Å². The third-order valence-electron chi connectivity index (χ3n) is 6.04. The number of aromatic hydroxyl groups is 1. The average molecular weight is 497 g/mol. The van der Waals surface area contributed by atoms with Gasteiger partial charge in [-0.1, -0.05) is 148 Å². The molecule has 0 atom stereocenters. The van der Waals surface area contributed by atoms with Crippen LogP contribution in [0.3, 0.4) is 0 Å². The summed E-state index contributed by atoms with van der Waals surface area (Å²) in [4.78, 5) is 0. The van der Waals surface area contributed by atoms with E-state index in [-0.39, 0.29) is 62.0 Å². The van der Waals surface area contributed by atoms with Gasteiger partial charge < -0.3 is 12.7 Å². The van der Waals surface area contributed by atoms with Crippen LogP contribution in [-0.4, -0.2) is 18.3 Å². The number of rotatable bonds is 22. The van der Waals surface area contributed by atoms with Crippen LogP contribution in [-0.2, 0) is 4.74 Å². The molecule has 1 aromatic carbocycles. The maximum absolute atomic E-state index is 8.63. The van der Waals surface area contributed by atoms with Crippen molar-refractivity contribution in [2.45, 2.75) is 142 Å². The summed E-state index contributed by atoms with van der Waals surface area (Å²) in [5.74, 6) is 0.322. The molecule has 0 aliphatic carbocycles. The Kier molecular flexibility index (Phi) is 42.0. The van der Waals surface area contributed by atoms with E-state index in [1.165, 1.54) is 128 Å². The second-order valence-corrected chi connectivity index (χ2v) is 9.31. The first-order valence-electron chi connectivity index (χ1n) is 14.1. The van der Waals surface area contributed by atoms with E-state index in [1.807, 2.05) is 6.07 Å². The van der Waals surface area contributed by atoms with Gasteiger partial charge in [0.05, 0.1) is 0 Å². The summed E-state index contributed by atoms with van der Waals surface area (Å²) in [7, 11) is 0. The third-order valence-corrected chi connectivity index (χ3v) is 6.04. The third kappa shape index (κ3) is 35.1. The van der Waals surface area contributed by atoms with Crippen LogP contribution in [0.4, 0.5) is 0 Å². The topological polar surface area (TPSA) is 29.5 Å². The van der Waals surface area contributed by atoms with Gasteiger partial charge in [0, 0.05) is 13.2 Å². The zero-order valence-electron chi connectivity index (χ0n) is 25.8. The molecule has 1 rings (SSSR count). The number of phenolic OH excluding ortho intramolecular Hbond substituents is 1. The number of ether oxygens (including phenoxy) is 1. The molecule has 0 aromatic heterocycles. The van der Waals surface area contributed by atoms with E-state index < -0.39 is 0 Å². The maximum Gasteiger partial charge on any atom is 1.00 e. The summed E-state index contributed by atoms with van der Waals surface area (Å²) in [6.45, 7) is 6.57. The molecule has 2 nitrogen and oxygen atoms in total. The number of hydrogen-bond donors (Lipinski definition) is 1. The standard InChI is InChI=1S/C24H50O.C6H6O.2Na.2H/c1-3-5-7-9-11-13-15-17-19-21-23-25-24-22-20-18-16-14-12-10-8-6-4-2;7-6-4-2-1-3-5-6;;;;/h3-24H2,1-2H3;1-5,7H;;;;/q;;2*+1;2*-1. The molecule has 0 saturated carbocycles. The van der Waals surface area contributed by atoms with Gasteiger partial charge in [0.25, 0.3) is 0 Å². The molecule has 0 bridgehead atoms.